The summed E-state index contributed by atoms with van der Waals surface area (Å²) in [6, 6.07) is 6.04. The lowest BCUT2D eigenvalue weighted by molar-refractivity contribution is 0.139. The molecule has 1 fully saturated rings. The molecule has 0 saturated carbocycles. The third-order valence-corrected chi connectivity index (χ3v) is 5.80. The van der Waals surface area contributed by atoms with Gasteiger partial charge < -0.3 is 20.7 Å². The Balaban J connectivity index is 1.97. The minimum absolute atomic E-state index is 0.155. The average Bonchev–Trinajstić information content (AvgIpc) is 3.17. The van der Waals surface area contributed by atoms with Crippen LogP contribution in [0.5, 0.6) is 0 Å². The minimum atomic E-state index is -0.298. The van der Waals surface area contributed by atoms with Crippen LogP contribution in [0.2, 0.25) is 0 Å². The van der Waals surface area contributed by atoms with E-state index in [1.165, 1.54) is 5.12 Å². The maximum atomic E-state index is 12.5. The number of aryl methyl sites for hydroxylation is 1. The molecule has 1 amide bonds. The third-order valence-electron chi connectivity index (χ3n) is 5.80. The summed E-state index contributed by atoms with van der Waals surface area (Å²) in [5, 5.41) is 8.58. The highest BCUT2D eigenvalue weighted by atomic mass is 16.6. The summed E-state index contributed by atoms with van der Waals surface area (Å²) in [5.74, 6) is 5.92. The second-order valence-electron chi connectivity index (χ2n) is 8.36. The number of hydrazine groups is 1. The van der Waals surface area contributed by atoms with Crippen molar-refractivity contribution in [3.63, 3.8) is 0 Å². The molecule has 1 aromatic rings. The minimum Gasteiger partial charge on any atom is -0.443 e. The third kappa shape index (κ3) is 8.16. The molecule has 1 unspecified atom stereocenters. The molecule has 5 N–H and O–H groups in total. The standard InChI is InChI=1S/C25H41N7O2/c1-6-20(10-9-11-24(26)29-30(5)27)23-13-12-21(16-19(23)4)32-18-22(34-25(32)33)17-28-14-15-31(7-2)8-3/h6,9-10,12-13,16,22,28H,7-8,11,14-15,17-18,27H2,1-5H3,(H2,26,29)/b10-9-,20-6+. The summed E-state index contributed by atoms with van der Waals surface area (Å²) < 4.78 is 5.58. The number of nitrogens with two attached hydrogens (primary N) is 2. The van der Waals surface area contributed by atoms with E-state index in [0.717, 1.165) is 48.6 Å². The smallest absolute Gasteiger partial charge is 0.414 e. The van der Waals surface area contributed by atoms with Crippen molar-refractivity contribution >= 4 is 23.2 Å². The van der Waals surface area contributed by atoms with E-state index >= 15 is 0 Å². The van der Waals surface area contributed by atoms with Crippen molar-refractivity contribution in [1.82, 2.24) is 15.3 Å². The Morgan fingerprint density at radius 2 is 2.09 bits per heavy atom. The Morgan fingerprint density at radius 1 is 1.35 bits per heavy atom. The van der Waals surface area contributed by atoms with Crippen LogP contribution in [0.15, 0.2) is 41.5 Å². The lowest BCUT2D eigenvalue weighted by Gasteiger charge is -2.18. The number of ether oxygens (including phenoxy) is 1. The van der Waals surface area contributed by atoms with E-state index in [-0.39, 0.29) is 12.2 Å². The fraction of sp³-hybridized carbons (Fsp3) is 0.520. The predicted octanol–water partition coefficient (Wildman–Crippen LogP) is 2.68. The summed E-state index contributed by atoms with van der Waals surface area (Å²) in [5.41, 5.74) is 9.93. The number of carbonyl (C=O) groups is 1. The zero-order chi connectivity index (χ0) is 25.1. The topological polar surface area (TPSA) is 112 Å². The molecule has 1 aromatic carbocycles. The van der Waals surface area contributed by atoms with Gasteiger partial charge in [0.15, 0.2) is 0 Å². The molecule has 0 aromatic heterocycles. The highest BCUT2D eigenvalue weighted by molar-refractivity contribution is 5.90. The van der Waals surface area contributed by atoms with Crippen LogP contribution >= 0.6 is 0 Å². The Hall–Kier alpha value is -2.88. The number of anilines is 1. The number of amides is 1. The number of carbonyl (C=O) groups excluding carboxylic acids is 1. The average molecular weight is 472 g/mol. The number of nitrogens with one attached hydrogen (secondary N) is 1. The molecule has 34 heavy (non-hydrogen) atoms. The van der Waals surface area contributed by atoms with E-state index in [9.17, 15) is 4.79 Å². The van der Waals surface area contributed by atoms with Gasteiger partial charge in [-0.3, -0.25) is 4.90 Å². The van der Waals surface area contributed by atoms with E-state index < -0.39 is 0 Å². The first-order chi connectivity index (χ1) is 16.3. The Morgan fingerprint density at radius 3 is 2.71 bits per heavy atom. The van der Waals surface area contributed by atoms with Crippen molar-refractivity contribution in [2.45, 2.75) is 40.2 Å². The number of rotatable bonds is 13. The number of likely N-dealkylation sites (N-methyl/N-ethyl adjacent to an activating group) is 1. The highest BCUT2D eigenvalue weighted by Gasteiger charge is 2.32. The molecule has 0 aliphatic carbocycles. The Kier molecular flexibility index (Phi) is 11.1. The summed E-state index contributed by atoms with van der Waals surface area (Å²) in [7, 11) is 1.63. The molecule has 1 aliphatic rings. The molecule has 9 heteroatoms. The molecule has 1 saturated heterocycles. The van der Waals surface area contributed by atoms with E-state index in [0.29, 0.717) is 25.3 Å². The van der Waals surface area contributed by atoms with E-state index in [4.69, 9.17) is 16.3 Å². The summed E-state index contributed by atoms with van der Waals surface area (Å²) in [6.45, 7) is 13.5. The Bertz CT molecular complexity index is 891. The molecule has 2 rings (SSSR count). The van der Waals surface area contributed by atoms with Crippen molar-refractivity contribution in [2.75, 3.05) is 51.2 Å². The van der Waals surface area contributed by atoms with Crippen LogP contribution in [0.1, 0.15) is 38.3 Å². The van der Waals surface area contributed by atoms with E-state index in [1.54, 1.807) is 11.9 Å². The van der Waals surface area contributed by atoms with Crippen molar-refractivity contribution < 1.29 is 9.53 Å². The monoisotopic (exact) mass is 471 g/mol. The van der Waals surface area contributed by atoms with Gasteiger partial charge in [0.05, 0.1) is 6.54 Å². The molecule has 0 spiro atoms. The van der Waals surface area contributed by atoms with E-state index in [2.05, 4.69) is 29.2 Å². The number of hydrazone groups is 1. The van der Waals surface area contributed by atoms with Gasteiger partial charge in [-0.25, -0.2) is 15.8 Å². The Labute approximate surface area is 204 Å². The van der Waals surface area contributed by atoms with Crippen LogP contribution < -0.4 is 21.8 Å². The lowest BCUT2D eigenvalue weighted by atomic mass is 9.98. The van der Waals surface area contributed by atoms with E-state index in [1.807, 2.05) is 50.3 Å². The van der Waals surface area contributed by atoms with Gasteiger partial charge in [-0.1, -0.05) is 38.1 Å². The van der Waals surface area contributed by atoms with Gasteiger partial charge in [0.25, 0.3) is 0 Å². The van der Waals surface area contributed by atoms with Gasteiger partial charge in [-0.2, -0.15) is 0 Å². The maximum Gasteiger partial charge on any atom is 0.414 e. The number of hydrogen-bond donors (Lipinski definition) is 3. The van der Waals surface area contributed by atoms with Gasteiger partial charge >= 0.3 is 6.09 Å². The van der Waals surface area contributed by atoms with Crippen LogP contribution in [0.3, 0.4) is 0 Å². The van der Waals surface area contributed by atoms with Crippen LogP contribution in [-0.4, -0.2) is 74.4 Å². The second kappa shape index (κ2) is 13.7. The quantitative estimate of drug-likeness (QED) is 0.101. The zero-order valence-corrected chi connectivity index (χ0v) is 21.3. The number of hydrogen-bond acceptors (Lipinski definition) is 7. The van der Waals surface area contributed by atoms with Crippen LogP contribution in [0, 0.1) is 6.92 Å². The van der Waals surface area contributed by atoms with Crippen LogP contribution in [0.4, 0.5) is 10.5 Å². The molecular formula is C25H41N7O2. The second-order valence-corrected chi connectivity index (χ2v) is 8.36. The van der Waals surface area contributed by atoms with Gasteiger partial charge in [0.2, 0.25) is 0 Å². The molecule has 0 radical (unpaired) electrons. The largest absolute Gasteiger partial charge is 0.443 e. The first-order valence-corrected chi connectivity index (χ1v) is 11.9. The summed E-state index contributed by atoms with van der Waals surface area (Å²) >= 11 is 0. The van der Waals surface area contributed by atoms with Crippen molar-refractivity contribution in [2.24, 2.45) is 16.7 Å². The van der Waals surface area contributed by atoms with Crippen molar-refractivity contribution in [3.05, 3.63) is 47.6 Å². The normalized spacial score (nSPS) is 17.2. The first-order valence-electron chi connectivity index (χ1n) is 11.9. The maximum absolute atomic E-state index is 12.5. The summed E-state index contributed by atoms with van der Waals surface area (Å²) in [4.78, 5) is 16.6. The fourth-order valence-corrected chi connectivity index (χ4v) is 3.91. The number of benzene rings is 1. The fourth-order valence-electron chi connectivity index (χ4n) is 3.91. The molecule has 188 valence electrons. The first kappa shape index (κ1) is 27.4. The number of cyclic esters (lactones) is 1. The van der Waals surface area contributed by atoms with Gasteiger partial charge in [-0.15, -0.1) is 5.10 Å². The molecule has 1 heterocycles. The van der Waals surface area contributed by atoms with Gasteiger partial charge in [0, 0.05) is 38.8 Å². The SMILES string of the molecule is C/C=C(\C=C/C/C(N)=N/N(C)N)c1ccc(N2CC(CNCCN(CC)CC)OC2=O)cc1C. The lowest BCUT2D eigenvalue weighted by Crippen LogP contribution is -2.36. The van der Waals surface area contributed by atoms with Gasteiger partial charge in [-0.05, 0) is 55.8 Å². The summed E-state index contributed by atoms with van der Waals surface area (Å²) in [6.07, 6.45) is 6.07. The molecule has 1 atom stereocenters. The van der Waals surface area contributed by atoms with Crippen LogP contribution in [-0.2, 0) is 4.74 Å². The number of nitrogens with zero attached hydrogens (tertiary/aromatic N) is 4. The number of amidine groups is 1. The van der Waals surface area contributed by atoms with Crippen molar-refractivity contribution in [1.29, 1.82) is 0 Å². The predicted molar refractivity (Wildman–Crippen MR) is 140 cm³/mol. The molecule has 1 aliphatic heterocycles. The van der Waals surface area contributed by atoms with Gasteiger partial charge in [0.1, 0.15) is 11.9 Å². The molecule has 9 nitrogen and oxygen atoms in total. The molecule has 0 bridgehead atoms. The molecular weight excluding hydrogens is 430 g/mol. The number of allylic oxidation sites excluding steroid dienone is 3. The zero-order valence-electron chi connectivity index (χ0n) is 21.3. The van der Waals surface area contributed by atoms with Crippen molar-refractivity contribution in [3.8, 4) is 0 Å². The highest BCUT2D eigenvalue weighted by Crippen LogP contribution is 2.28. The van der Waals surface area contributed by atoms with Crippen LogP contribution in [0.25, 0.3) is 5.57 Å².